The third-order valence-corrected chi connectivity index (χ3v) is 5.29. The molecule has 30 heavy (non-hydrogen) atoms. The SMILES string of the molecule is O=C1C(Nc2cccc(F)c2)=C(c2cccs2)C(=O)N1c1ccc(C(F)(F)F)cc1. The first-order valence-electron chi connectivity index (χ1n) is 8.62. The fraction of sp³-hybridized carbons (Fsp3) is 0.0476. The molecule has 3 aromatic rings. The van der Waals surface area contributed by atoms with E-state index in [0.717, 1.165) is 35.2 Å². The fourth-order valence-corrected chi connectivity index (χ4v) is 3.81. The average Bonchev–Trinajstić information content (AvgIpc) is 3.28. The van der Waals surface area contributed by atoms with Gasteiger partial charge in [-0.05, 0) is 53.9 Å². The molecule has 0 fully saturated rings. The smallest absolute Gasteiger partial charge is 0.350 e. The second-order valence-corrected chi connectivity index (χ2v) is 7.30. The molecule has 1 aliphatic heterocycles. The minimum absolute atomic E-state index is 0.00287. The van der Waals surface area contributed by atoms with E-state index in [0.29, 0.717) is 4.88 Å². The van der Waals surface area contributed by atoms with Crippen molar-refractivity contribution in [2.24, 2.45) is 0 Å². The van der Waals surface area contributed by atoms with E-state index in [1.807, 2.05) is 0 Å². The summed E-state index contributed by atoms with van der Waals surface area (Å²) < 4.78 is 52.1. The predicted octanol–water partition coefficient (Wildman–Crippen LogP) is 5.30. The Labute approximate surface area is 172 Å². The highest BCUT2D eigenvalue weighted by Crippen LogP contribution is 2.37. The lowest BCUT2D eigenvalue weighted by atomic mass is 10.1. The van der Waals surface area contributed by atoms with Crippen LogP contribution in [-0.4, -0.2) is 11.8 Å². The van der Waals surface area contributed by atoms with Gasteiger partial charge >= 0.3 is 6.18 Å². The first kappa shape index (κ1) is 19.8. The molecule has 1 aromatic heterocycles. The molecule has 9 heteroatoms. The molecule has 4 rings (SSSR count). The molecule has 2 heterocycles. The summed E-state index contributed by atoms with van der Waals surface area (Å²) in [5, 5.41) is 4.51. The van der Waals surface area contributed by atoms with Gasteiger partial charge in [0, 0.05) is 10.6 Å². The molecule has 0 bridgehead atoms. The summed E-state index contributed by atoms with van der Waals surface area (Å²) in [6.45, 7) is 0. The van der Waals surface area contributed by atoms with Gasteiger partial charge in [-0.2, -0.15) is 13.2 Å². The highest BCUT2D eigenvalue weighted by Gasteiger charge is 2.41. The van der Waals surface area contributed by atoms with E-state index in [-0.39, 0.29) is 22.6 Å². The van der Waals surface area contributed by atoms with Gasteiger partial charge in [0.25, 0.3) is 11.8 Å². The summed E-state index contributed by atoms with van der Waals surface area (Å²) in [6.07, 6.45) is -4.54. The standard InChI is InChI=1S/C21H12F4N2O2S/c22-13-3-1-4-14(11-13)26-18-17(16-5-2-10-30-16)19(28)27(20(18)29)15-8-6-12(7-9-15)21(23,24)25/h1-11,26H. The minimum Gasteiger partial charge on any atom is -0.350 e. The van der Waals surface area contributed by atoms with Gasteiger partial charge in [-0.25, -0.2) is 9.29 Å². The summed E-state index contributed by atoms with van der Waals surface area (Å²) in [4.78, 5) is 27.5. The Morgan fingerprint density at radius 3 is 2.23 bits per heavy atom. The Morgan fingerprint density at radius 2 is 1.63 bits per heavy atom. The van der Waals surface area contributed by atoms with Gasteiger partial charge in [-0.15, -0.1) is 11.3 Å². The molecule has 2 aromatic carbocycles. The largest absolute Gasteiger partial charge is 0.416 e. The van der Waals surface area contributed by atoms with E-state index in [2.05, 4.69) is 5.32 Å². The molecule has 0 aliphatic carbocycles. The van der Waals surface area contributed by atoms with Gasteiger partial charge in [0.05, 0.1) is 16.8 Å². The molecule has 1 aliphatic rings. The van der Waals surface area contributed by atoms with Gasteiger partial charge in [-0.1, -0.05) is 12.1 Å². The van der Waals surface area contributed by atoms with E-state index in [1.54, 1.807) is 17.5 Å². The predicted molar refractivity (Wildman–Crippen MR) is 105 cm³/mol. The first-order chi connectivity index (χ1) is 14.3. The zero-order chi connectivity index (χ0) is 21.5. The van der Waals surface area contributed by atoms with Gasteiger partial charge in [0.2, 0.25) is 0 Å². The number of nitrogens with zero attached hydrogens (tertiary/aromatic N) is 1. The summed E-state index contributed by atoms with van der Waals surface area (Å²) in [5.41, 5.74) is -0.639. The van der Waals surface area contributed by atoms with Gasteiger partial charge < -0.3 is 5.32 Å². The molecule has 1 N–H and O–H groups in total. The lowest BCUT2D eigenvalue weighted by Crippen LogP contribution is -2.32. The Hall–Kier alpha value is -3.46. The van der Waals surface area contributed by atoms with Crippen molar-refractivity contribution >= 4 is 40.1 Å². The average molecular weight is 432 g/mol. The second-order valence-electron chi connectivity index (χ2n) is 6.35. The number of benzene rings is 2. The van der Waals surface area contributed by atoms with Crippen molar-refractivity contribution < 1.29 is 27.2 Å². The summed E-state index contributed by atoms with van der Waals surface area (Å²) in [5.74, 6) is -1.96. The van der Waals surface area contributed by atoms with E-state index in [4.69, 9.17) is 0 Å². The molecule has 0 saturated heterocycles. The zero-order valence-electron chi connectivity index (χ0n) is 15.0. The van der Waals surface area contributed by atoms with Crippen LogP contribution in [0, 0.1) is 5.82 Å². The van der Waals surface area contributed by atoms with Crippen LogP contribution in [0.3, 0.4) is 0 Å². The number of anilines is 2. The molecule has 0 unspecified atom stereocenters. The van der Waals surface area contributed by atoms with E-state index in [1.165, 1.54) is 29.5 Å². The molecule has 152 valence electrons. The maximum atomic E-state index is 13.6. The number of halogens is 4. The topological polar surface area (TPSA) is 49.4 Å². The van der Waals surface area contributed by atoms with Crippen molar-refractivity contribution in [3.8, 4) is 0 Å². The van der Waals surface area contributed by atoms with E-state index in [9.17, 15) is 27.2 Å². The Bertz CT molecular complexity index is 1150. The van der Waals surface area contributed by atoms with Crippen LogP contribution < -0.4 is 10.2 Å². The molecule has 0 radical (unpaired) electrons. The van der Waals surface area contributed by atoms with Gasteiger partial charge in [-0.3, -0.25) is 9.59 Å². The van der Waals surface area contributed by atoms with Crippen LogP contribution in [0.25, 0.3) is 5.57 Å². The number of carbonyl (C=O) groups excluding carboxylic acids is 2. The number of amides is 2. The molecular weight excluding hydrogens is 420 g/mol. The van der Waals surface area contributed by atoms with Crippen LogP contribution in [0.4, 0.5) is 28.9 Å². The summed E-state index contributed by atoms with van der Waals surface area (Å²) >= 11 is 1.23. The number of rotatable bonds is 4. The Kier molecular flexibility index (Phi) is 4.90. The van der Waals surface area contributed by atoms with Crippen LogP contribution in [0.1, 0.15) is 10.4 Å². The zero-order valence-corrected chi connectivity index (χ0v) is 15.9. The molecule has 0 atom stereocenters. The molecule has 0 spiro atoms. The van der Waals surface area contributed by atoms with Crippen molar-refractivity contribution in [2.75, 3.05) is 10.2 Å². The highest BCUT2D eigenvalue weighted by atomic mass is 32.1. The summed E-state index contributed by atoms with van der Waals surface area (Å²) in [6, 6.07) is 12.5. The fourth-order valence-electron chi connectivity index (χ4n) is 3.04. The lowest BCUT2D eigenvalue weighted by molar-refractivity contribution is -0.137. The van der Waals surface area contributed by atoms with Crippen LogP contribution in [0.15, 0.2) is 71.7 Å². The number of nitrogens with one attached hydrogen (secondary N) is 1. The first-order valence-corrected chi connectivity index (χ1v) is 9.50. The molecule has 2 amide bonds. The number of hydrogen-bond donors (Lipinski definition) is 1. The number of thiophene rings is 1. The Morgan fingerprint density at radius 1 is 0.900 bits per heavy atom. The molecular formula is C21H12F4N2O2S. The normalized spacial score (nSPS) is 14.6. The van der Waals surface area contributed by atoms with Crippen molar-refractivity contribution in [3.63, 3.8) is 0 Å². The third-order valence-electron chi connectivity index (χ3n) is 4.40. The molecule has 4 nitrogen and oxygen atoms in total. The highest BCUT2D eigenvalue weighted by molar-refractivity contribution is 7.11. The third kappa shape index (κ3) is 3.59. The minimum atomic E-state index is -4.54. The number of hydrogen-bond acceptors (Lipinski definition) is 4. The van der Waals surface area contributed by atoms with Crippen molar-refractivity contribution in [2.45, 2.75) is 6.18 Å². The van der Waals surface area contributed by atoms with Crippen LogP contribution in [0.5, 0.6) is 0 Å². The monoisotopic (exact) mass is 432 g/mol. The molecule has 0 saturated carbocycles. The lowest BCUT2D eigenvalue weighted by Gasteiger charge is -2.16. The van der Waals surface area contributed by atoms with Crippen molar-refractivity contribution in [1.82, 2.24) is 0 Å². The van der Waals surface area contributed by atoms with Gasteiger partial charge in [0.15, 0.2) is 0 Å². The summed E-state index contributed by atoms with van der Waals surface area (Å²) in [7, 11) is 0. The van der Waals surface area contributed by atoms with Gasteiger partial charge in [0.1, 0.15) is 11.5 Å². The number of imide groups is 1. The maximum absolute atomic E-state index is 13.6. The number of carbonyl (C=O) groups is 2. The van der Waals surface area contributed by atoms with Crippen LogP contribution in [0.2, 0.25) is 0 Å². The second kappa shape index (κ2) is 7.42. The van der Waals surface area contributed by atoms with Crippen molar-refractivity contribution in [1.29, 1.82) is 0 Å². The van der Waals surface area contributed by atoms with Crippen molar-refractivity contribution in [3.05, 3.63) is 88.0 Å². The van der Waals surface area contributed by atoms with E-state index >= 15 is 0 Å². The number of alkyl halides is 3. The van der Waals surface area contributed by atoms with E-state index < -0.39 is 29.4 Å². The quantitative estimate of drug-likeness (QED) is 0.450. The van der Waals surface area contributed by atoms with Crippen LogP contribution >= 0.6 is 11.3 Å². The maximum Gasteiger partial charge on any atom is 0.416 e. The van der Waals surface area contributed by atoms with Crippen LogP contribution in [-0.2, 0) is 15.8 Å². The Balaban J connectivity index is 1.75.